The highest BCUT2D eigenvalue weighted by molar-refractivity contribution is 14.1. The first kappa shape index (κ1) is 9.33. The number of aromatic nitrogens is 1. The number of hydrogen-bond donors (Lipinski definition) is 1. The quantitative estimate of drug-likeness (QED) is 0.381. The molecule has 0 aromatic carbocycles. The third-order valence-electron chi connectivity index (χ3n) is 1.30. The molecule has 1 heterocycles. The molecule has 1 aromatic rings. The molecule has 1 N–H and O–H groups in total. The molecule has 0 saturated heterocycles. The van der Waals surface area contributed by atoms with Crippen LogP contribution >= 0.6 is 22.6 Å². The van der Waals surface area contributed by atoms with Gasteiger partial charge in [-0.2, -0.15) is 0 Å². The fourth-order valence-corrected chi connectivity index (χ4v) is 1.27. The topological polar surface area (TPSA) is 76.3 Å². The molecule has 0 radical (unpaired) electrons. The van der Waals surface area contributed by atoms with E-state index in [4.69, 9.17) is 5.11 Å². The molecule has 0 fully saturated rings. The minimum absolute atomic E-state index is 0.141. The molecule has 1 aromatic heterocycles. The van der Waals surface area contributed by atoms with E-state index < -0.39 is 4.92 Å². The zero-order valence-corrected chi connectivity index (χ0v) is 8.06. The number of aliphatic hydroxyl groups excluding tert-OH is 1. The van der Waals surface area contributed by atoms with E-state index in [0.717, 1.165) is 6.20 Å². The van der Waals surface area contributed by atoms with Gasteiger partial charge in [0, 0.05) is 0 Å². The Balaban J connectivity index is 3.20. The van der Waals surface area contributed by atoms with Crippen LogP contribution in [0.1, 0.15) is 5.56 Å². The normalized spacial score (nSPS) is 9.83. The second-order valence-corrected chi connectivity index (χ2v) is 3.16. The Morgan fingerprint density at radius 1 is 1.75 bits per heavy atom. The summed E-state index contributed by atoms with van der Waals surface area (Å²) in [5.41, 5.74) is 0.150. The van der Waals surface area contributed by atoms with Gasteiger partial charge in [-0.25, -0.2) is 4.98 Å². The molecule has 0 aliphatic rings. The van der Waals surface area contributed by atoms with Gasteiger partial charge in [0.05, 0.1) is 17.1 Å². The van der Waals surface area contributed by atoms with Crippen molar-refractivity contribution in [1.82, 2.24) is 4.98 Å². The van der Waals surface area contributed by atoms with Crippen molar-refractivity contribution >= 4 is 28.3 Å². The van der Waals surface area contributed by atoms with Gasteiger partial charge in [-0.15, -0.1) is 0 Å². The van der Waals surface area contributed by atoms with E-state index in [1.165, 1.54) is 6.07 Å². The highest BCUT2D eigenvalue weighted by Gasteiger charge is 2.13. The summed E-state index contributed by atoms with van der Waals surface area (Å²) >= 11 is 1.92. The van der Waals surface area contributed by atoms with Gasteiger partial charge in [-0.05, 0) is 28.7 Å². The molecule has 0 aliphatic heterocycles. The van der Waals surface area contributed by atoms with Gasteiger partial charge in [0.2, 0.25) is 0 Å². The molecule has 1 rings (SSSR count). The molecule has 0 bridgehead atoms. The smallest absolute Gasteiger partial charge is 0.293 e. The lowest BCUT2D eigenvalue weighted by Gasteiger charge is -1.97. The van der Waals surface area contributed by atoms with Crippen LogP contribution in [0.15, 0.2) is 12.3 Å². The Hall–Kier alpha value is -0.760. The summed E-state index contributed by atoms with van der Waals surface area (Å²) in [6.07, 6.45) is 1.15. The summed E-state index contributed by atoms with van der Waals surface area (Å²) in [6.45, 7) is -0.338. The summed E-state index contributed by atoms with van der Waals surface area (Å²) in [7, 11) is 0. The lowest BCUT2D eigenvalue weighted by molar-refractivity contribution is -0.386. The first-order valence-electron chi connectivity index (χ1n) is 3.05. The zero-order valence-electron chi connectivity index (χ0n) is 5.90. The Bertz CT molecular complexity index is 316. The van der Waals surface area contributed by atoms with Crippen molar-refractivity contribution in [2.75, 3.05) is 0 Å². The van der Waals surface area contributed by atoms with Crippen LogP contribution in [0.3, 0.4) is 0 Å². The lowest BCUT2D eigenvalue weighted by Crippen LogP contribution is -1.97. The number of nitro groups is 1. The number of pyridine rings is 1. The number of aliphatic hydroxyl groups is 1. The third kappa shape index (κ3) is 1.89. The summed E-state index contributed by atoms with van der Waals surface area (Å²) in [4.78, 5) is 13.5. The molecule has 0 amide bonds. The summed E-state index contributed by atoms with van der Waals surface area (Å²) in [6, 6.07) is 1.48. The van der Waals surface area contributed by atoms with Crippen LogP contribution in [0.5, 0.6) is 0 Å². The van der Waals surface area contributed by atoms with Crippen molar-refractivity contribution in [2.45, 2.75) is 6.61 Å². The van der Waals surface area contributed by atoms with Crippen molar-refractivity contribution in [2.24, 2.45) is 0 Å². The molecule has 64 valence electrons. The first-order chi connectivity index (χ1) is 5.65. The average Bonchev–Trinajstić information content (AvgIpc) is 2.03. The number of hydrogen-bond acceptors (Lipinski definition) is 4. The number of halogens is 1. The SMILES string of the molecule is O=[N+]([O-])c1cnc(I)cc1CO. The Morgan fingerprint density at radius 3 is 2.92 bits per heavy atom. The lowest BCUT2D eigenvalue weighted by atomic mass is 10.2. The van der Waals surface area contributed by atoms with E-state index in [2.05, 4.69) is 4.98 Å². The van der Waals surface area contributed by atoms with Crippen LogP contribution in [-0.2, 0) is 6.61 Å². The third-order valence-corrected chi connectivity index (χ3v) is 1.89. The maximum Gasteiger partial charge on any atom is 0.293 e. The van der Waals surface area contributed by atoms with Gasteiger partial charge in [0.1, 0.15) is 9.90 Å². The van der Waals surface area contributed by atoms with Gasteiger partial charge >= 0.3 is 0 Å². The fraction of sp³-hybridized carbons (Fsp3) is 0.167. The second kappa shape index (κ2) is 3.76. The molecule has 6 heteroatoms. The largest absolute Gasteiger partial charge is 0.391 e. The van der Waals surface area contributed by atoms with E-state index in [-0.39, 0.29) is 12.3 Å². The van der Waals surface area contributed by atoms with Crippen LogP contribution in [0.2, 0.25) is 0 Å². The van der Waals surface area contributed by atoms with Crippen LogP contribution in [0.25, 0.3) is 0 Å². The predicted molar refractivity (Wildman–Crippen MR) is 49.5 cm³/mol. The molecular formula is C6H5IN2O3. The summed E-state index contributed by atoms with van der Waals surface area (Å²) in [5.74, 6) is 0. The number of rotatable bonds is 2. The van der Waals surface area contributed by atoms with Gasteiger partial charge in [-0.1, -0.05) is 0 Å². The van der Waals surface area contributed by atoms with Gasteiger partial charge in [0.25, 0.3) is 5.69 Å². The van der Waals surface area contributed by atoms with E-state index in [1.807, 2.05) is 22.6 Å². The molecule has 0 spiro atoms. The highest BCUT2D eigenvalue weighted by atomic mass is 127. The molecular weight excluding hydrogens is 275 g/mol. The van der Waals surface area contributed by atoms with E-state index in [9.17, 15) is 10.1 Å². The molecule has 0 unspecified atom stereocenters. The van der Waals surface area contributed by atoms with Gasteiger partial charge in [-0.3, -0.25) is 10.1 Å². The van der Waals surface area contributed by atoms with Crippen molar-refractivity contribution in [1.29, 1.82) is 0 Å². The maximum absolute atomic E-state index is 10.3. The predicted octanol–water partition coefficient (Wildman–Crippen LogP) is 1.09. The average molecular weight is 280 g/mol. The van der Waals surface area contributed by atoms with Crippen molar-refractivity contribution in [3.63, 3.8) is 0 Å². The standard InChI is InChI=1S/C6H5IN2O3/c7-6-1-4(3-10)5(2-8-6)9(11)12/h1-2,10H,3H2. The van der Waals surface area contributed by atoms with E-state index >= 15 is 0 Å². The molecule has 5 nitrogen and oxygen atoms in total. The van der Waals surface area contributed by atoms with Crippen molar-refractivity contribution < 1.29 is 10.0 Å². The minimum atomic E-state index is -0.561. The van der Waals surface area contributed by atoms with Crippen LogP contribution in [0, 0.1) is 13.8 Å². The van der Waals surface area contributed by atoms with Crippen molar-refractivity contribution in [3.05, 3.63) is 31.6 Å². The van der Waals surface area contributed by atoms with E-state index in [0.29, 0.717) is 9.26 Å². The van der Waals surface area contributed by atoms with Gasteiger partial charge < -0.3 is 5.11 Å². The minimum Gasteiger partial charge on any atom is -0.391 e. The first-order valence-corrected chi connectivity index (χ1v) is 4.12. The van der Waals surface area contributed by atoms with Crippen LogP contribution in [-0.4, -0.2) is 15.0 Å². The van der Waals surface area contributed by atoms with Crippen LogP contribution in [0.4, 0.5) is 5.69 Å². The fourth-order valence-electron chi connectivity index (χ4n) is 0.752. The Kier molecular flexibility index (Phi) is 2.93. The molecule has 0 atom stereocenters. The Labute approximate surface area is 81.7 Å². The van der Waals surface area contributed by atoms with Gasteiger partial charge in [0.15, 0.2) is 0 Å². The van der Waals surface area contributed by atoms with E-state index in [1.54, 1.807) is 0 Å². The second-order valence-electron chi connectivity index (χ2n) is 2.05. The summed E-state index contributed by atoms with van der Waals surface area (Å²) < 4.78 is 0.627. The summed E-state index contributed by atoms with van der Waals surface area (Å²) in [5, 5.41) is 19.1. The molecule has 12 heavy (non-hydrogen) atoms. The van der Waals surface area contributed by atoms with Crippen LogP contribution < -0.4 is 0 Å². The van der Waals surface area contributed by atoms with Crippen molar-refractivity contribution in [3.8, 4) is 0 Å². The highest BCUT2D eigenvalue weighted by Crippen LogP contribution is 2.18. The number of nitrogens with zero attached hydrogens (tertiary/aromatic N) is 2. The molecule has 0 saturated carbocycles. The molecule has 0 aliphatic carbocycles. The Morgan fingerprint density at radius 2 is 2.42 bits per heavy atom. The monoisotopic (exact) mass is 280 g/mol. The maximum atomic E-state index is 10.3. The zero-order chi connectivity index (χ0) is 9.14.